The van der Waals surface area contributed by atoms with Gasteiger partial charge in [0, 0.05) is 67.5 Å². The van der Waals surface area contributed by atoms with Crippen LogP contribution < -0.4 is 5.73 Å². The zero-order chi connectivity index (χ0) is 43.0. The van der Waals surface area contributed by atoms with E-state index in [0.29, 0.717) is 66.8 Å². The summed E-state index contributed by atoms with van der Waals surface area (Å²) in [5.74, 6) is 9.71. The van der Waals surface area contributed by atoms with Crippen molar-refractivity contribution in [2.75, 3.05) is 26.2 Å². The van der Waals surface area contributed by atoms with Gasteiger partial charge in [0.25, 0.3) is 0 Å². The Hall–Kier alpha value is -4.58. The molecule has 9 heterocycles. The number of piperidine rings is 2. The number of rotatable bonds is 3. The van der Waals surface area contributed by atoms with E-state index in [1.807, 2.05) is 0 Å². The molecule has 3 saturated heterocycles. The number of allylic oxidation sites excluding steroid dienone is 3. The van der Waals surface area contributed by atoms with Crippen LogP contribution in [0.2, 0.25) is 0 Å². The van der Waals surface area contributed by atoms with Crippen molar-refractivity contribution >= 4 is 11.9 Å². The van der Waals surface area contributed by atoms with Gasteiger partial charge in [0.05, 0.1) is 17.0 Å². The van der Waals surface area contributed by atoms with Gasteiger partial charge in [-0.25, -0.2) is 4.79 Å². The zero-order valence-electron chi connectivity index (χ0n) is 37.5. The van der Waals surface area contributed by atoms with E-state index in [-0.39, 0.29) is 47.4 Å². The van der Waals surface area contributed by atoms with Crippen LogP contribution >= 0.6 is 0 Å². The summed E-state index contributed by atoms with van der Waals surface area (Å²) in [7, 11) is 0. The standard InChI is InChI=1S/C56H61N3O5/c1-30-22-45(60)51-54-20-19-41-43-26-37-25-36-23-32(8-3-4-14-46(55(43,54)53(62)63-51)56(54)42-13-6-10-35(11-7-21-57)48(42)52(61)64-56)15-16-34(36)9-5-12-39-31(2)47(37)49(41)50-40(39)17-18-44-38-24-33(28-59(44)50)27-58(30)29-38/h6,10,13,15-18,23,30-31,33,37-39,44,46-47,49,60H,3-4,7-9,11,14,19-22,24-29,57H2,1-2H3/b51-45-/t30-,31-,33-,37-,38+,39-,44+,46+,47+,49+,54-,55+,56-/m1/s1. The fourth-order valence-electron chi connectivity index (χ4n) is 17.8. The monoisotopic (exact) mass is 855 g/mol. The van der Waals surface area contributed by atoms with Crippen molar-refractivity contribution in [3.05, 3.63) is 116 Å². The van der Waals surface area contributed by atoms with E-state index in [1.54, 1.807) is 0 Å². The molecule has 64 heavy (non-hydrogen) atoms. The molecule has 1 saturated carbocycles. The van der Waals surface area contributed by atoms with E-state index >= 15 is 4.79 Å². The first kappa shape index (κ1) is 38.7. The molecule has 17 rings (SSSR count). The highest BCUT2D eigenvalue weighted by molar-refractivity contribution is 6.00. The number of benzene rings is 2. The van der Waals surface area contributed by atoms with Crippen molar-refractivity contribution in [2.45, 2.75) is 115 Å². The lowest BCUT2D eigenvalue weighted by Gasteiger charge is -2.72. The largest absolute Gasteiger partial charge is 0.509 e. The Morgan fingerprint density at radius 1 is 1.00 bits per heavy atom. The number of aliphatic hydroxyl groups excluding tert-OH is 1. The van der Waals surface area contributed by atoms with Gasteiger partial charge in [-0.1, -0.05) is 84.9 Å². The summed E-state index contributed by atoms with van der Waals surface area (Å²) in [6.07, 6.45) is 15.5. The van der Waals surface area contributed by atoms with Gasteiger partial charge >= 0.3 is 11.9 Å². The number of aryl methyl sites for hydroxylation is 2. The number of nitrogens with two attached hydrogens (primary N) is 1. The van der Waals surface area contributed by atoms with Gasteiger partial charge in [0.1, 0.15) is 11.2 Å². The summed E-state index contributed by atoms with van der Waals surface area (Å²) in [5.41, 5.74) is 15.1. The molecule has 0 radical (unpaired) electrons. The third-order valence-corrected chi connectivity index (χ3v) is 19.9. The smallest absolute Gasteiger partial charge is 0.339 e. The molecule has 330 valence electrons. The quantitative estimate of drug-likeness (QED) is 0.181. The highest BCUT2D eigenvalue weighted by Gasteiger charge is 2.93. The number of esters is 2. The number of carbonyl (C=O) groups is 2. The molecule has 15 aliphatic rings. The molecule has 1 unspecified atom stereocenters. The molecule has 2 aromatic carbocycles. The van der Waals surface area contributed by atoms with Crippen molar-refractivity contribution < 1.29 is 24.2 Å². The van der Waals surface area contributed by atoms with Crippen LogP contribution in [0.25, 0.3) is 0 Å². The van der Waals surface area contributed by atoms with Crippen LogP contribution in [0.1, 0.15) is 110 Å². The molecule has 8 nitrogen and oxygen atoms in total. The van der Waals surface area contributed by atoms with Crippen LogP contribution in [-0.2, 0) is 45.6 Å². The average Bonchev–Trinajstić information content (AvgIpc) is 3.74. The van der Waals surface area contributed by atoms with Crippen LogP contribution in [0, 0.1) is 70.0 Å². The van der Waals surface area contributed by atoms with Crippen molar-refractivity contribution in [3.63, 3.8) is 0 Å². The Morgan fingerprint density at radius 2 is 1.91 bits per heavy atom. The summed E-state index contributed by atoms with van der Waals surface area (Å²) in [6, 6.07) is 13.8. The van der Waals surface area contributed by atoms with E-state index in [0.717, 1.165) is 88.5 Å². The summed E-state index contributed by atoms with van der Waals surface area (Å²) in [5, 5.41) is 13.0. The highest BCUT2D eigenvalue weighted by Crippen LogP contribution is 2.87. The summed E-state index contributed by atoms with van der Waals surface area (Å²) in [4.78, 5) is 36.5. The second-order valence-corrected chi connectivity index (χ2v) is 22.4. The fourth-order valence-corrected chi connectivity index (χ4v) is 17.8. The number of hydrogen-bond donors (Lipinski definition) is 2. The highest BCUT2D eigenvalue weighted by atomic mass is 16.6. The van der Waals surface area contributed by atoms with E-state index in [4.69, 9.17) is 15.2 Å². The van der Waals surface area contributed by atoms with Crippen LogP contribution in [0.15, 0.2) is 82.5 Å². The third-order valence-electron chi connectivity index (χ3n) is 19.9. The minimum absolute atomic E-state index is 0.0315. The number of nitrogens with zero attached hydrogens (tertiary/aromatic N) is 2. The Kier molecular flexibility index (Phi) is 8.03. The number of ether oxygens (including phenoxy) is 2. The molecule has 0 amide bonds. The fraction of sp³-hybridized carbons (Fsp3) is 0.571. The van der Waals surface area contributed by atoms with E-state index < -0.39 is 16.4 Å². The van der Waals surface area contributed by atoms with Gasteiger partial charge in [-0.05, 0) is 135 Å². The summed E-state index contributed by atoms with van der Waals surface area (Å²) < 4.78 is 14.1. The maximum Gasteiger partial charge on any atom is 0.339 e. The molecule has 9 aliphatic heterocycles. The Bertz CT molecular complexity index is 2680. The minimum Gasteiger partial charge on any atom is -0.509 e. The first-order valence-corrected chi connectivity index (χ1v) is 25.1. The SMILES string of the molecule is C[C@H]1[C@H]2[C@H]3CC4=C5CC[C@@]67/C8=C(/O)C[C@@H](C)N9C[C@H]%10C[C@@H](C9)[C@@H]9C=CC(=C([C@@H]52)N9C%10)[C@@H]1C#CCc1ccc(cc1C3)CCCC[C@@H]([C@]46C(=O)O8)[C@@]71OC(=O)c2c(CCCN)cccc21. The lowest BCUT2D eigenvalue weighted by atomic mass is 9.28. The lowest BCUT2D eigenvalue weighted by molar-refractivity contribution is -0.279. The molecule has 3 N–H and O–H groups in total. The van der Waals surface area contributed by atoms with Crippen molar-refractivity contribution in [3.8, 4) is 11.8 Å². The second kappa shape index (κ2) is 13.3. The Morgan fingerprint density at radius 3 is 2.80 bits per heavy atom. The second-order valence-electron chi connectivity index (χ2n) is 22.4. The minimum atomic E-state index is -1.16. The number of hydrogen-bond acceptors (Lipinski definition) is 8. The summed E-state index contributed by atoms with van der Waals surface area (Å²) in [6.45, 7) is 8.27. The van der Waals surface area contributed by atoms with Gasteiger partial charge in [-0.2, -0.15) is 0 Å². The maximum atomic E-state index is 16.1. The molecule has 14 atom stereocenters. The van der Waals surface area contributed by atoms with E-state index in [2.05, 4.69) is 84.0 Å². The first-order valence-electron chi connectivity index (χ1n) is 25.1. The predicted octanol–water partition coefficient (Wildman–Crippen LogP) is 8.25. The van der Waals surface area contributed by atoms with E-state index in [9.17, 15) is 9.90 Å². The van der Waals surface area contributed by atoms with Gasteiger partial charge in [-0.15, -0.1) is 0 Å². The molecule has 17 bridgehead atoms. The van der Waals surface area contributed by atoms with Crippen molar-refractivity contribution in [2.24, 2.45) is 63.9 Å². The molecule has 2 aromatic rings. The van der Waals surface area contributed by atoms with Crippen LogP contribution in [-0.4, -0.2) is 65.1 Å². The van der Waals surface area contributed by atoms with Gasteiger partial charge in [0.2, 0.25) is 0 Å². The van der Waals surface area contributed by atoms with Crippen molar-refractivity contribution in [1.82, 2.24) is 9.80 Å². The first-order chi connectivity index (χ1) is 31.2. The Balaban J connectivity index is 1.09. The molecule has 6 aliphatic carbocycles. The number of fused-ring (bicyclic) bond motifs is 6. The maximum absolute atomic E-state index is 16.1. The average molecular weight is 856 g/mol. The zero-order valence-corrected chi connectivity index (χ0v) is 37.5. The molecule has 3 spiro atoms. The predicted molar refractivity (Wildman–Crippen MR) is 242 cm³/mol. The summed E-state index contributed by atoms with van der Waals surface area (Å²) >= 11 is 0. The molecule has 4 fully saturated rings. The van der Waals surface area contributed by atoms with E-state index in [1.165, 1.54) is 45.5 Å². The number of aliphatic hydroxyl groups is 1. The van der Waals surface area contributed by atoms with Gasteiger partial charge in [0.15, 0.2) is 11.4 Å². The molecular weight excluding hydrogens is 795 g/mol. The molecule has 8 heteroatoms. The molecular formula is C56H61N3O5. The lowest BCUT2D eigenvalue weighted by Crippen LogP contribution is -2.77. The van der Waals surface area contributed by atoms with Gasteiger partial charge < -0.3 is 25.2 Å². The van der Waals surface area contributed by atoms with Crippen LogP contribution in [0.4, 0.5) is 0 Å². The van der Waals surface area contributed by atoms with Crippen LogP contribution in [0.3, 0.4) is 0 Å². The number of carbonyl (C=O) groups excluding carboxylic acids is 2. The molecule has 0 aromatic heterocycles. The van der Waals surface area contributed by atoms with Crippen LogP contribution in [0.5, 0.6) is 0 Å². The van der Waals surface area contributed by atoms with Crippen molar-refractivity contribution in [1.29, 1.82) is 0 Å². The normalized spacial score (nSPS) is 43.5. The topological polar surface area (TPSA) is 105 Å². The Labute approximate surface area is 377 Å². The third kappa shape index (κ3) is 4.51. The van der Waals surface area contributed by atoms with Gasteiger partial charge in [-0.3, -0.25) is 9.69 Å².